The van der Waals surface area contributed by atoms with E-state index in [1.165, 1.54) is 59.9 Å². The van der Waals surface area contributed by atoms with Crippen LogP contribution in [0.5, 0.6) is 0 Å². The molecule has 0 bridgehead atoms. The SMILES string of the molecule is C1=CC2CC2c2c1oc1c(-c3cc(-c4ccccc4)cc(N(c4ccc(-c5ccccc5)cc4)c4cccc5c4sc4ccccc45)c3)cccc21. The van der Waals surface area contributed by atoms with Crippen LogP contribution in [0.3, 0.4) is 0 Å². The summed E-state index contributed by atoms with van der Waals surface area (Å²) in [6, 6.07) is 59.6. The van der Waals surface area contributed by atoms with Crippen LogP contribution in [0.15, 0.2) is 174 Å². The van der Waals surface area contributed by atoms with E-state index < -0.39 is 0 Å². The summed E-state index contributed by atoms with van der Waals surface area (Å²) in [5, 5.41) is 3.82. The van der Waals surface area contributed by atoms with Crippen LogP contribution in [0.4, 0.5) is 17.1 Å². The molecule has 0 saturated heterocycles. The van der Waals surface area contributed by atoms with Crippen LogP contribution in [0.25, 0.3) is 70.6 Å². The van der Waals surface area contributed by atoms with Gasteiger partial charge in [0.25, 0.3) is 0 Å². The normalized spacial score (nSPS) is 15.9. The molecule has 0 N–H and O–H groups in total. The second-order valence-electron chi connectivity index (χ2n) is 14.1. The van der Waals surface area contributed by atoms with E-state index in [9.17, 15) is 0 Å². The van der Waals surface area contributed by atoms with Gasteiger partial charge in [-0.3, -0.25) is 0 Å². The number of rotatable bonds is 6. The topological polar surface area (TPSA) is 16.4 Å². The summed E-state index contributed by atoms with van der Waals surface area (Å²) in [6.07, 6.45) is 5.75. The van der Waals surface area contributed by atoms with E-state index in [1.54, 1.807) is 0 Å². The fraction of sp³-hybridized carbons (Fsp3) is 0.0612. The van der Waals surface area contributed by atoms with E-state index in [-0.39, 0.29) is 0 Å². The van der Waals surface area contributed by atoms with Crippen LogP contribution in [0.1, 0.15) is 23.7 Å². The summed E-state index contributed by atoms with van der Waals surface area (Å²) in [5.41, 5.74) is 12.8. The third-order valence-electron chi connectivity index (χ3n) is 10.9. The molecule has 2 aliphatic rings. The molecular weight excluding hydrogens is 651 g/mol. The fourth-order valence-corrected chi connectivity index (χ4v) is 9.53. The molecule has 0 aliphatic heterocycles. The highest BCUT2D eigenvalue weighted by molar-refractivity contribution is 7.26. The minimum atomic E-state index is 0.582. The first kappa shape index (κ1) is 29.6. The maximum atomic E-state index is 6.74. The average molecular weight is 684 g/mol. The van der Waals surface area contributed by atoms with Crippen molar-refractivity contribution in [2.75, 3.05) is 4.90 Å². The number of fused-ring (bicyclic) bond motifs is 8. The number of thiophene rings is 1. The Morgan fingerprint density at radius 3 is 2.04 bits per heavy atom. The van der Waals surface area contributed by atoms with E-state index >= 15 is 0 Å². The van der Waals surface area contributed by atoms with Crippen molar-refractivity contribution in [3.63, 3.8) is 0 Å². The Morgan fingerprint density at radius 2 is 1.21 bits per heavy atom. The van der Waals surface area contributed by atoms with Gasteiger partial charge < -0.3 is 9.32 Å². The van der Waals surface area contributed by atoms with E-state index in [4.69, 9.17) is 4.42 Å². The molecule has 2 nitrogen and oxygen atoms in total. The zero-order valence-corrected chi connectivity index (χ0v) is 29.2. The molecule has 52 heavy (non-hydrogen) atoms. The molecule has 2 aromatic heterocycles. The van der Waals surface area contributed by atoms with Gasteiger partial charge in [0.15, 0.2) is 0 Å². The summed E-state index contributed by atoms with van der Waals surface area (Å²) < 4.78 is 9.30. The number of furan rings is 1. The summed E-state index contributed by atoms with van der Waals surface area (Å²) in [4.78, 5) is 2.45. The van der Waals surface area contributed by atoms with Gasteiger partial charge in [-0.25, -0.2) is 0 Å². The molecule has 0 radical (unpaired) electrons. The molecular formula is C49H33NOS. The van der Waals surface area contributed by atoms with Gasteiger partial charge in [0, 0.05) is 43.4 Å². The van der Waals surface area contributed by atoms with Gasteiger partial charge in [-0.1, -0.05) is 127 Å². The minimum Gasteiger partial charge on any atom is -0.456 e. The van der Waals surface area contributed by atoms with Crippen LogP contribution in [0.2, 0.25) is 0 Å². The molecule has 1 saturated carbocycles. The molecule has 11 rings (SSSR count). The van der Waals surface area contributed by atoms with Crippen LogP contribution in [0, 0.1) is 5.92 Å². The standard InChI is InChI=1S/C49H33NOS/c1-3-11-31(12-4-1)33-21-24-37(25-22-33)50(44-19-10-17-41-40-15-7-8-20-46(40)52-49(41)44)38-28-35(32-13-5-2-6-14-32)27-36(29-38)39-16-9-18-42-47-43-30-34(43)23-26-45(47)51-48(39)42/h1-29,34,43H,30H2. The number of nitrogens with zero attached hydrogens (tertiary/aromatic N) is 1. The van der Waals surface area contributed by atoms with Gasteiger partial charge in [-0.15, -0.1) is 11.3 Å². The molecule has 2 aliphatic carbocycles. The number of hydrogen-bond donors (Lipinski definition) is 0. The molecule has 2 heterocycles. The molecule has 2 unspecified atom stereocenters. The molecule has 0 spiro atoms. The van der Waals surface area contributed by atoms with Gasteiger partial charge in [-0.2, -0.15) is 0 Å². The number of hydrogen-bond acceptors (Lipinski definition) is 3. The van der Waals surface area contributed by atoms with Crippen LogP contribution in [-0.2, 0) is 0 Å². The Bertz CT molecular complexity index is 2830. The molecule has 246 valence electrons. The zero-order valence-electron chi connectivity index (χ0n) is 28.4. The minimum absolute atomic E-state index is 0.582. The van der Waals surface area contributed by atoms with Gasteiger partial charge in [0.05, 0.1) is 10.4 Å². The van der Waals surface area contributed by atoms with Crippen molar-refractivity contribution in [2.24, 2.45) is 5.92 Å². The van der Waals surface area contributed by atoms with Gasteiger partial charge in [0.2, 0.25) is 0 Å². The molecule has 9 aromatic rings. The number of anilines is 3. The van der Waals surface area contributed by atoms with E-state index in [1.807, 2.05) is 11.3 Å². The lowest BCUT2D eigenvalue weighted by molar-refractivity contribution is 0.596. The predicted molar refractivity (Wildman–Crippen MR) is 220 cm³/mol. The van der Waals surface area contributed by atoms with Crippen LogP contribution < -0.4 is 4.90 Å². The van der Waals surface area contributed by atoms with E-state index in [0.717, 1.165) is 39.4 Å². The Balaban J connectivity index is 1.16. The van der Waals surface area contributed by atoms with Crippen LogP contribution in [-0.4, -0.2) is 0 Å². The van der Waals surface area contributed by atoms with Crippen molar-refractivity contribution < 1.29 is 4.42 Å². The number of para-hydroxylation sites is 1. The monoisotopic (exact) mass is 683 g/mol. The first-order valence-corrected chi connectivity index (χ1v) is 18.9. The highest BCUT2D eigenvalue weighted by Gasteiger charge is 2.42. The summed E-state index contributed by atoms with van der Waals surface area (Å²) >= 11 is 1.87. The highest BCUT2D eigenvalue weighted by Crippen LogP contribution is 2.56. The largest absolute Gasteiger partial charge is 0.456 e. The van der Waals surface area contributed by atoms with Crippen molar-refractivity contribution in [2.45, 2.75) is 12.3 Å². The van der Waals surface area contributed by atoms with Crippen molar-refractivity contribution in [3.8, 4) is 33.4 Å². The van der Waals surface area contributed by atoms with Crippen molar-refractivity contribution >= 4 is 65.6 Å². The first-order chi connectivity index (χ1) is 25.8. The second kappa shape index (κ2) is 11.7. The smallest absolute Gasteiger partial charge is 0.142 e. The zero-order chi connectivity index (χ0) is 34.2. The summed E-state index contributed by atoms with van der Waals surface area (Å²) in [7, 11) is 0. The van der Waals surface area contributed by atoms with Crippen molar-refractivity contribution in [3.05, 3.63) is 181 Å². The Hall–Kier alpha value is -6.16. The number of benzene rings is 7. The van der Waals surface area contributed by atoms with E-state index in [0.29, 0.717) is 11.8 Å². The van der Waals surface area contributed by atoms with Gasteiger partial charge in [0.1, 0.15) is 11.3 Å². The quantitative estimate of drug-likeness (QED) is 0.173. The molecule has 0 amide bonds. The maximum Gasteiger partial charge on any atom is 0.142 e. The Labute approximate surface area is 306 Å². The Kier molecular flexibility index (Phi) is 6.65. The molecule has 2 atom stereocenters. The highest BCUT2D eigenvalue weighted by atomic mass is 32.1. The van der Waals surface area contributed by atoms with Crippen molar-refractivity contribution in [1.29, 1.82) is 0 Å². The van der Waals surface area contributed by atoms with E-state index in [2.05, 4.69) is 181 Å². The molecule has 7 aromatic carbocycles. The lowest BCUT2D eigenvalue weighted by Crippen LogP contribution is -2.10. The molecule has 3 heteroatoms. The first-order valence-electron chi connectivity index (χ1n) is 18.1. The van der Waals surface area contributed by atoms with Crippen LogP contribution >= 0.6 is 11.3 Å². The second-order valence-corrected chi connectivity index (χ2v) is 15.1. The third kappa shape index (κ3) is 4.77. The number of allylic oxidation sites excluding steroid dienone is 1. The van der Waals surface area contributed by atoms with Gasteiger partial charge in [-0.05, 0) is 94.6 Å². The fourth-order valence-electron chi connectivity index (χ4n) is 8.32. The lowest BCUT2D eigenvalue weighted by Gasteiger charge is -2.27. The summed E-state index contributed by atoms with van der Waals surface area (Å²) in [6.45, 7) is 0. The lowest BCUT2D eigenvalue weighted by atomic mass is 9.94. The maximum absolute atomic E-state index is 6.74. The summed E-state index contributed by atoms with van der Waals surface area (Å²) in [5.74, 6) is 2.26. The molecule has 1 fully saturated rings. The van der Waals surface area contributed by atoms with Gasteiger partial charge >= 0.3 is 0 Å². The predicted octanol–water partition coefficient (Wildman–Crippen LogP) is 14.4. The third-order valence-corrected chi connectivity index (χ3v) is 12.1. The van der Waals surface area contributed by atoms with Crippen molar-refractivity contribution in [1.82, 2.24) is 0 Å². The average Bonchev–Trinajstić information content (AvgIpc) is 3.75. The Morgan fingerprint density at radius 1 is 0.538 bits per heavy atom.